The van der Waals surface area contributed by atoms with Crippen LogP contribution in [0.2, 0.25) is 15.1 Å². The number of nitrogens with one attached hydrogen (secondary N) is 3. The number of carbonyl (C=O) groups excluding carboxylic acids is 1. The summed E-state index contributed by atoms with van der Waals surface area (Å²) in [6.07, 6.45) is 3.71. The quantitative estimate of drug-likeness (QED) is 0.260. The van der Waals surface area contributed by atoms with Crippen LogP contribution in [0.5, 0.6) is 0 Å². The second kappa shape index (κ2) is 6.54. The van der Waals surface area contributed by atoms with E-state index in [1.165, 1.54) is 0 Å². The molecule has 0 atom stereocenters. The molecule has 7 heteroatoms. The van der Waals surface area contributed by atoms with E-state index in [0.29, 0.717) is 20.8 Å². The Bertz CT molecular complexity index is 1450. The molecule has 1 amide bonds. The zero-order valence-corrected chi connectivity index (χ0v) is 18.2. The van der Waals surface area contributed by atoms with Crippen LogP contribution in [0.4, 0.5) is 5.69 Å². The number of rotatable bonds is 2. The summed E-state index contributed by atoms with van der Waals surface area (Å²) in [6.45, 7) is 0. The van der Waals surface area contributed by atoms with Gasteiger partial charge in [-0.05, 0) is 18.2 Å². The van der Waals surface area contributed by atoms with E-state index in [2.05, 4.69) is 15.3 Å². The van der Waals surface area contributed by atoms with Gasteiger partial charge >= 0.3 is 0 Å². The molecule has 0 radical (unpaired) electrons. The fraction of sp³-hybridized carbons (Fsp3) is 0.0417. The van der Waals surface area contributed by atoms with Crippen molar-refractivity contribution in [1.29, 1.82) is 0 Å². The van der Waals surface area contributed by atoms with Crippen molar-refractivity contribution in [3.05, 3.63) is 98.7 Å². The number of halogens is 3. The first-order chi connectivity index (χ1) is 15.0. The largest absolute Gasteiger partial charge is 0.360 e. The molecule has 4 nitrogen and oxygen atoms in total. The molecule has 0 fully saturated rings. The third kappa shape index (κ3) is 2.35. The topological polar surface area (TPSA) is 60.7 Å². The second-order valence-electron chi connectivity index (χ2n) is 7.60. The predicted octanol–water partition coefficient (Wildman–Crippen LogP) is 6.90. The molecule has 0 aliphatic carbocycles. The Balaban J connectivity index is 1.81. The summed E-state index contributed by atoms with van der Waals surface area (Å²) in [6, 6.07) is 16.9. The zero-order valence-electron chi connectivity index (χ0n) is 15.9. The number of amides is 1. The van der Waals surface area contributed by atoms with Crippen molar-refractivity contribution in [2.24, 2.45) is 0 Å². The first-order valence-corrected chi connectivity index (χ1v) is 10.8. The summed E-state index contributed by atoms with van der Waals surface area (Å²) in [7, 11) is 0. The van der Waals surface area contributed by atoms with Crippen LogP contribution in [0.15, 0.2) is 67.0 Å². The lowest BCUT2D eigenvalue weighted by molar-refractivity contribution is -0.118. The van der Waals surface area contributed by atoms with Crippen LogP contribution in [0, 0.1) is 0 Å². The van der Waals surface area contributed by atoms with Crippen molar-refractivity contribution in [2.75, 3.05) is 5.32 Å². The molecule has 0 saturated heterocycles. The lowest BCUT2D eigenvalue weighted by Gasteiger charge is -2.28. The molecular formula is C24H14Cl3N3O. The van der Waals surface area contributed by atoms with Crippen LogP contribution >= 0.6 is 34.8 Å². The van der Waals surface area contributed by atoms with Crippen LogP contribution in [0.1, 0.15) is 16.7 Å². The van der Waals surface area contributed by atoms with E-state index in [9.17, 15) is 4.79 Å². The van der Waals surface area contributed by atoms with E-state index in [1.54, 1.807) is 6.07 Å². The molecule has 3 aromatic carbocycles. The average Bonchev–Trinajstić information content (AvgIpc) is 3.44. The molecule has 0 unspecified atom stereocenters. The van der Waals surface area contributed by atoms with Gasteiger partial charge in [-0.15, -0.1) is 0 Å². The van der Waals surface area contributed by atoms with E-state index < -0.39 is 5.41 Å². The number of carbonyl (C=O) groups is 1. The number of anilines is 1. The van der Waals surface area contributed by atoms with Crippen molar-refractivity contribution in [2.45, 2.75) is 5.41 Å². The van der Waals surface area contributed by atoms with Crippen LogP contribution in [0.25, 0.3) is 21.8 Å². The molecule has 3 N–H and O–H groups in total. The number of hydrogen-bond acceptors (Lipinski definition) is 1. The van der Waals surface area contributed by atoms with Gasteiger partial charge in [0.25, 0.3) is 0 Å². The Kier molecular flexibility index (Phi) is 3.97. The van der Waals surface area contributed by atoms with Gasteiger partial charge in [0.15, 0.2) is 0 Å². The number of H-pyrrole nitrogens is 2. The first kappa shape index (κ1) is 18.8. The summed E-state index contributed by atoms with van der Waals surface area (Å²) < 4.78 is 0. The molecular weight excluding hydrogens is 453 g/mol. The third-order valence-corrected chi connectivity index (χ3v) is 7.08. The van der Waals surface area contributed by atoms with Crippen molar-refractivity contribution in [1.82, 2.24) is 9.97 Å². The minimum absolute atomic E-state index is 0.183. The maximum Gasteiger partial charge on any atom is 0.244 e. The highest BCUT2D eigenvalue weighted by Gasteiger charge is 2.52. The maximum absolute atomic E-state index is 13.9. The summed E-state index contributed by atoms with van der Waals surface area (Å²) >= 11 is 19.4. The standard InChI is InChI=1S/C24H14Cl3N3O/c25-17-7-1-4-12-15(10-28-20(12)17)24(14-6-3-9-19(27)22(14)30-23(24)31)16-11-29-21-13(16)5-2-8-18(21)26/h1-11,28-29H,(H,30,31). The smallest absolute Gasteiger partial charge is 0.244 e. The van der Waals surface area contributed by atoms with Crippen molar-refractivity contribution >= 4 is 68.2 Å². The Morgan fingerprint density at radius 3 is 1.74 bits per heavy atom. The van der Waals surface area contributed by atoms with E-state index in [0.717, 1.165) is 38.5 Å². The molecule has 0 bridgehead atoms. The van der Waals surface area contributed by atoms with Gasteiger partial charge in [0.1, 0.15) is 5.41 Å². The highest BCUT2D eigenvalue weighted by molar-refractivity contribution is 6.37. The molecule has 2 aromatic heterocycles. The molecule has 1 aliphatic rings. The van der Waals surface area contributed by atoms with Gasteiger partial charge in [0, 0.05) is 39.9 Å². The van der Waals surface area contributed by atoms with Gasteiger partial charge in [-0.3, -0.25) is 4.79 Å². The van der Waals surface area contributed by atoms with Crippen LogP contribution in [-0.2, 0) is 10.2 Å². The normalized spacial score (nSPS) is 14.9. The Hall–Kier alpha value is -2.92. The molecule has 0 spiro atoms. The second-order valence-corrected chi connectivity index (χ2v) is 8.82. The number of hydrogen-bond donors (Lipinski definition) is 3. The van der Waals surface area contributed by atoms with E-state index in [-0.39, 0.29) is 5.91 Å². The van der Waals surface area contributed by atoms with Gasteiger partial charge in [-0.25, -0.2) is 0 Å². The number of fused-ring (bicyclic) bond motifs is 3. The molecule has 0 saturated carbocycles. The SMILES string of the molecule is O=C1Nc2c(Cl)cccc2C1(c1c[nH]c2c(Cl)cccc12)c1c[nH]c2c(Cl)cccc12. The number of benzene rings is 3. The van der Waals surface area contributed by atoms with Gasteiger partial charge in [0.2, 0.25) is 5.91 Å². The summed E-state index contributed by atoms with van der Waals surface area (Å²) in [5.74, 6) is -0.183. The summed E-state index contributed by atoms with van der Waals surface area (Å²) in [5, 5.41) is 6.43. The molecule has 1 aliphatic heterocycles. The average molecular weight is 467 g/mol. The Morgan fingerprint density at radius 1 is 0.645 bits per heavy atom. The van der Waals surface area contributed by atoms with E-state index in [1.807, 2.05) is 60.9 Å². The van der Waals surface area contributed by atoms with Crippen molar-refractivity contribution < 1.29 is 4.79 Å². The fourth-order valence-corrected chi connectivity index (χ4v) is 5.51. The highest BCUT2D eigenvalue weighted by Crippen LogP contribution is 2.53. The third-order valence-electron chi connectivity index (χ3n) is 6.13. The van der Waals surface area contributed by atoms with E-state index >= 15 is 0 Å². The molecule has 152 valence electrons. The minimum Gasteiger partial charge on any atom is -0.360 e. The molecule has 6 rings (SSSR count). The summed E-state index contributed by atoms with van der Waals surface area (Å²) in [5.41, 5.74) is 3.40. The van der Waals surface area contributed by atoms with Gasteiger partial charge in [-0.2, -0.15) is 0 Å². The van der Waals surface area contributed by atoms with E-state index in [4.69, 9.17) is 34.8 Å². The molecule has 3 heterocycles. The molecule has 5 aromatic rings. The predicted molar refractivity (Wildman–Crippen MR) is 127 cm³/mol. The zero-order chi connectivity index (χ0) is 21.3. The maximum atomic E-state index is 13.9. The van der Waals surface area contributed by atoms with Crippen molar-refractivity contribution in [3.63, 3.8) is 0 Å². The number of aromatic nitrogens is 2. The van der Waals surface area contributed by atoms with Gasteiger partial charge in [0.05, 0.1) is 31.8 Å². The highest BCUT2D eigenvalue weighted by atomic mass is 35.5. The fourth-order valence-electron chi connectivity index (χ4n) is 4.83. The lowest BCUT2D eigenvalue weighted by atomic mass is 9.70. The van der Waals surface area contributed by atoms with Crippen LogP contribution < -0.4 is 5.32 Å². The lowest BCUT2D eigenvalue weighted by Crippen LogP contribution is -2.36. The van der Waals surface area contributed by atoms with Crippen molar-refractivity contribution in [3.8, 4) is 0 Å². The van der Waals surface area contributed by atoms with Gasteiger partial charge < -0.3 is 15.3 Å². The minimum atomic E-state index is -1.15. The number of aromatic amines is 2. The Labute approximate surface area is 192 Å². The van der Waals surface area contributed by atoms with Crippen LogP contribution in [0.3, 0.4) is 0 Å². The monoisotopic (exact) mass is 465 g/mol. The first-order valence-electron chi connectivity index (χ1n) is 9.66. The number of para-hydroxylation sites is 3. The molecule has 31 heavy (non-hydrogen) atoms. The van der Waals surface area contributed by atoms with Crippen LogP contribution in [-0.4, -0.2) is 15.9 Å². The Morgan fingerprint density at radius 2 is 1.16 bits per heavy atom. The van der Waals surface area contributed by atoms with Gasteiger partial charge in [-0.1, -0.05) is 71.2 Å². The summed E-state index contributed by atoms with van der Waals surface area (Å²) in [4.78, 5) is 20.4.